The van der Waals surface area contributed by atoms with Crippen LogP contribution in [0.25, 0.3) is 0 Å². The number of hydrogen-bond acceptors (Lipinski definition) is 2. The zero-order valence-corrected chi connectivity index (χ0v) is 12.9. The van der Waals surface area contributed by atoms with Crippen LogP contribution in [0.4, 0.5) is 0 Å². The standard InChI is InChI=1S/C17H29NO/c1-12(2)10-16(3,11-18)15-8-7-13-14(19)6-5-9-17(13,15)4/h12-15,19H,5-10H2,1-4H3/t13-,14-,15+,16+,17+/m0/s1. The molecule has 0 saturated heterocycles. The Morgan fingerprint density at radius 1 is 1.37 bits per heavy atom. The molecule has 2 aliphatic carbocycles. The predicted octanol–water partition coefficient (Wildman–Crippen LogP) is 4.14. The van der Waals surface area contributed by atoms with Gasteiger partial charge in [0.05, 0.1) is 17.6 Å². The van der Waals surface area contributed by atoms with Gasteiger partial charge in [-0.2, -0.15) is 5.26 Å². The molecule has 0 aromatic heterocycles. The van der Waals surface area contributed by atoms with Crippen LogP contribution in [0.3, 0.4) is 0 Å². The lowest BCUT2D eigenvalue weighted by Crippen LogP contribution is -2.44. The average molecular weight is 263 g/mol. The topological polar surface area (TPSA) is 44.0 Å². The van der Waals surface area contributed by atoms with Gasteiger partial charge < -0.3 is 5.11 Å². The molecule has 2 fully saturated rings. The first-order chi connectivity index (χ1) is 8.83. The van der Waals surface area contributed by atoms with Crippen molar-refractivity contribution >= 4 is 0 Å². The highest BCUT2D eigenvalue weighted by Crippen LogP contribution is 2.61. The molecule has 0 spiro atoms. The molecule has 0 aromatic rings. The molecular formula is C17H29NO. The summed E-state index contributed by atoms with van der Waals surface area (Å²) in [6, 6.07) is 2.64. The van der Waals surface area contributed by atoms with Gasteiger partial charge in [0, 0.05) is 0 Å². The molecule has 1 N–H and O–H groups in total. The van der Waals surface area contributed by atoms with Crippen LogP contribution in [0.5, 0.6) is 0 Å². The minimum atomic E-state index is -0.227. The minimum Gasteiger partial charge on any atom is -0.393 e. The van der Waals surface area contributed by atoms with Gasteiger partial charge in [-0.05, 0) is 62.2 Å². The molecule has 2 aliphatic rings. The van der Waals surface area contributed by atoms with Crippen LogP contribution in [0, 0.1) is 39.9 Å². The van der Waals surface area contributed by atoms with Crippen LogP contribution in [0.15, 0.2) is 0 Å². The van der Waals surface area contributed by atoms with Crippen molar-refractivity contribution in [1.82, 2.24) is 0 Å². The van der Waals surface area contributed by atoms with Gasteiger partial charge >= 0.3 is 0 Å². The van der Waals surface area contributed by atoms with Crippen molar-refractivity contribution in [2.75, 3.05) is 0 Å². The summed E-state index contributed by atoms with van der Waals surface area (Å²) in [6.07, 6.45) is 6.34. The maximum absolute atomic E-state index is 10.3. The largest absolute Gasteiger partial charge is 0.393 e. The average Bonchev–Trinajstić information content (AvgIpc) is 2.67. The highest BCUT2D eigenvalue weighted by Gasteiger charge is 2.56. The van der Waals surface area contributed by atoms with E-state index in [1.807, 2.05) is 0 Å². The first-order valence-corrected chi connectivity index (χ1v) is 7.93. The van der Waals surface area contributed by atoms with Gasteiger partial charge in [-0.1, -0.05) is 27.2 Å². The second kappa shape index (κ2) is 5.09. The molecule has 2 heteroatoms. The first kappa shape index (κ1) is 14.9. The molecule has 5 atom stereocenters. The summed E-state index contributed by atoms with van der Waals surface area (Å²) in [5.74, 6) is 1.43. The van der Waals surface area contributed by atoms with E-state index in [4.69, 9.17) is 0 Å². The van der Waals surface area contributed by atoms with Crippen LogP contribution in [-0.4, -0.2) is 11.2 Å². The van der Waals surface area contributed by atoms with E-state index < -0.39 is 0 Å². The summed E-state index contributed by atoms with van der Waals surface area (Å²) in [6.45, 7) is 8.92. The van der Waals surface area contributed by atoms with Crippen LogP contribution >= 0.6 is 0 Å². The third-order valence-electron chi connectivity index (χ3n) is 5.95. The Morgan fingerprint density at radius 2 is 2.05 bits per heavy atom. The smallest absolute Gasteiger partial charge is 0.0690 e. The monoisotopic (exact) mass is 263 g/mol. The molecule has 0 radical (unpaired) electrons. The van der Waals surface area contributed by atoms with E-state index in [0.717, 1.165) is 32.1 Å². The highest BCUT2D eigenvalue weighted by molar-refractivity contribution is 5.11. The third-order valence-corrected chi connectivity index (χ3v) is 5.95. The van der Waals surface area contributed by atoms with Crippen molar-refractivity contribution in [3.05, 3.63) is 0 Å². The molecule has 0 bridgehead atoms. The fraction of sp³-hybridized carbons (Fsp3) is 0.941. The van der Waals surface area contributed by atoms with Crippen molar-refractivity contribution < 1.29 is 5.11 Å². The van der Waals surface area contributed by atoms with Crippen LogP contribution in [0.1, 0.15) is 66.2 Å². The summed E-state index contributed by atoms with van der Waals surface area (Å²) in [5, 5.41) is 20.1. The molecule has 19 heavy (non-hydrogen) atoms. The zero-order chi connectivity index (χ0) is 14.3. The van der Waals surface area contributed by atoms with E-state index in [9.17, 15) is 10.4 Å². The van der Waals surface area contributed by atoms with Gasteiger partial charge in [-0.3, -0.25) is 0 Å². The number of rotatable bonds is 3. The minimum absolute atomic E-state index is 0.134. The third kappa shape index (κ3) is 2.42. The molecule has 2 saturated carbocycles. The maximum Gasteiger partial charge on any atom is 0.0690 e. The van der Waals surface area contributed by atoms with Crippen LogP contribution < -0.4 is 0 Å². The number of aliphatic hydroxyl groups is 1. The maximum atomic E-state index is 10.3. The molecule has 108 valence electrons. The van der Waals surface area contributed by atoms with Gasteiger partial charge in [0.1, 0.15) is 0 Å². The quantitative estimate of drug-likeness (QED) is 0.831. The Hall–Kier alpha value is -0.550. The SMILES string of the molecule is CC(C)C[C@](C)(C#N)[C@H]1CC[C@H]2[C@@H](O)CCC[C@]21C. The van der Waals surface area contributed by atoms with Crippen molar-refractivity contribution in [1.29, 1.82) is 5.26 Å². The summed E-state index contributed by atoms with van der Waals surface area (Å²) in [4.78, 5) is 0. The van der Waals surface area contributed by atoms with E-state index in [1.165, 1.54) is 6.42 Å². The lowest BCUT2D eigenvalue weighted by molar-refractivity contribution is -0.0392. The Morgan fingerprint density at radius 3 is 2.63 bits per heavy atom. The Bertz CT molecular complexity index is 372. The first-order valence-electron chi connectivity index (χ1n) is 7.93. The number of hydrogen-bond donors (Lipinski definition) is 1. The van der Waals surface area contributed by atoms with E-state index in [0.29, 0.717) is 17.8 Å². The molecule has 0 aliphatic heterocycles. The molecule has 0 unspecified atom stereocenters. The molecule has 0 aromatic carbocycles. The van der Waals surface area contributed by atoms with Crippen molar-refractivity contribution in [3.63, 3.8) is 0 Å². The fourth-order valence-electron chi connectivity index (χ4n) is 5.31. The second-order valence-corrected chi connectivity index (χ2v) is 7.83. The van der Waals surface area contributed by atoms with Crippen LogP contribution in [-0.2, 0) is 0 Å². The Kier molecular flexibility index (Phi) is 3.98. The number of nitrogens with zero attached hydrogens (tertiary/aromatic N) is 1. The lowest BCUT2D eigenvalue weighted by atomic mass is 9.56. The summed E-state index contributed by atoms with van der Waals surface area (Å²) in [7, 11) is 0. The molecule has 2 rings (SSSR count). The van der Waals surface area contributed by atoms with Crippen molar-refractivity contribution in [3.8, 4) is 6.07 Å². The fourth-order valence-corrected chi connectivity index (χ4v) is 5.31. The highest BCUT2D eigenvalue weighted by atomic mass is 16.3. The zero-order valence-electron chi connectivity index (χ0n) is 12.9. The van der Waals surface area contributed by atoms with Crippen molar-refractivity contribution in [2.24, 2.45) is 28.6 Å². The predicted molar refractivity (Wildman–Crippen MR) is 77.4 cm³/mol. The van der Waals surface area contributed by atoms with E-state index >= 15 is 0 Å². The number of aliphatic hydroxyl groups excluding tert-OH is 1. The van der Waals surface area contributed by atoms with Crippen molar-refractivity contribution in [2.45, 2.75) is 72.3 Å². The van der Waals surface area contributed by atoms with Gasteiger partial charge in [0.25, 0.3) is 0 Å². The van der Waals surface area contributed by atoms with E-state index in [-0.39, 0.29) is 16.9 Å². The Labute approximate surface area is 118 Å². The van der Waals surface area contributed by atoms with Gasteiger partial charge in [0.15, 0.2) is 0 Å². The summed E-state index contributed by atoms with van der Waals surface area (Å²) < 4.78 is 0. The Balaban J connectivity index is 2.28. The van der Waals surface area contributed by atoms with Gasteiger partial charge in [0.2, 0.25) is 0 Å². The number of nitriles is 1. The summed E-state index contributed by atoms with van der Waals surface area (Å²) in [5.41, 5.74) is -0.0498. The molecule has 0 heterocycles. The number of fused-ring (bicyclic) bond motifs is 1. The molecule has 0 amide bonds. The van der Waals surface area contributed by atoms with Gasteiger partial charge in [-0.15, -0.1) is 0 Å². The van der Waals surface area contributed by atoms with E-state index in [1.54, 1.807) is 0 Å². The lowest BCUT2D eigenvalue weighted by Gasteiger charge is -2.47. The summed E-state index contributed by atoms with van der Waals surface area (Å²) >= 11 is 0. The normalized spacial score (nSPS) is 41.6. The van der Waals surface area contributed by atoms with Gasteiger partial charge in [-0.25, -0.2) is 0 Å². The van der Waals surface area contributed by atoms with Crippen LogP contribution in [0.2, 0.25) is 0 Å². The molecular weight excluding hydrogens is 234 g/mol. The van der Waals surface area contributed by atoms with E-state index in [2.05, 4.69) is 33.8 Å². The molecule has 2 nitrogen and oxygen atoms in total. The second-order valence-electron chi connectivity index (χ2n) is 7.83.